The average molecular weight is 374 g/mol. The van der Waals surface area contributed by atoms with Gasteiger partial charge in [0, 0.05) is 39.8 Å². The summed E-state index contributed by atoms with van der Waals surface area (Å²) >= 11 is 0. The lowest BCUT2D eigenvalue weighted by molar-refractivity contribution is -0.120. The Balaban J connectivity index is 1.57. The van der Waals surface area contributed by atoms with Crippen molar-refractivity contribution in [2.24, 2.45) is 4.99 Å². The minimum Gasteiger partial charge on any atom is -0.373 e. The molecule has 0 saturated carbocycles. The van der Waals surface area contributed by atoms with Crippen molar-refractivity contribution in [1.82, 2.24) is 20.4 Å². The van der Waals surface area contributed by atoms with Crippen molar-refractivity contribution in [1.29, 1.82) is 0 Å². The van der Waals surface area contributed by atoms with Gasteiger partial charge in [-0.3, -0.25) is 14.7 Å². The number of ether oxygens (including phenoxy) is 1. The molecule has 2 fully saturated rings. The SMILES string of the molecule is CCCNC(=O)CNC(=NC)N1CC2OCCN(Cc3ccccc3)C2C1. The smallest absolute Gasteiger partial charge is 0.239 e. The van der Waals surface area contributed by atoms with Crippen molar-refractivity contribution in [3.63, 3.8) is 0 Å². The zero-order valence-electron chi connectivity index (χ0n) is 16.4. The average Bonchev–Trinajstić information content (AvgIpc) is 3.13. The molecule has 0 aliphatic carbocycles. The Hall–Kier alpha value is -2.12. The van der Waals surface area contributed by atoms with Gasteiger partial charge in [-0.25, -0.2) is 0 Å². The van der Waals surface area contributed by atoms with E-state index in [1.165, 1.54) is 5.56 Å². The number of aliphatic imine (C=N–C) groups is 1. The summed E-state index contributed by atoms with van der Waals surface area (Å²) in [5.74, 6) is 0.760. The highest BCUT2D eigenvalue weighted by Crippen LogP contribution is 2.24. The van der Waals surface area contributed by atoms with E-state index in [0.29, 0.717) is 12.6 Å². The third kappa shape index (κ3) is 5.20. The highest BCUT2D eigenvalue weighted by molar-refractivity contribution is 5.86. The molecule has 1 aromatic carbocycles. The van der Waals surface area contributed by atoms with Gasteiger partial charge in [0.2, 0.25) is 5.91 Å². The predicted octanol–water partition coefficient (Wildman–Crippen LogP) is 0.673. The van der Waals surface area contributed by atoms with Crippen molar-refractivity contribution in [2.75, 3.05) is 46.4 Å². The van der Waals surface area contributed by atoms with Crippen molar-refractivity contribution in [2.45, 2.75) is 32.0 Å². The van der Waals surface area contributed by atoms with Gasteiger partial charge in [0.25, 0.3) is 0 Å². The minimum atomic E-state index is -0.00318. The van der Waals surface area contributed by atoms with E-state index in [2.05, 4.69) is 55.8 Å². The van der Waals surface area contributed by atoms with Gasteiger partial charge in [-0.1, -0.05) is 37.3 Å². The number of nitrogens with zero attached hydrogens (tertiary/aromatic N) is 3. The minimum absolute atomic E-state index is 0.00318. The van der Waals surface area contributed by atoms with Crippen molar-refractivity contribution in [3.05, 3.63) is 35.9 Å². The summed E-state index contributed by atoms with van der Waals surface area (Å²) in [6.07, 6.45) is 1.11. The number of carbonyl (C=O) groups excluding carboxylic acids is 1. The van der Waals surface area contributed by atoms with Gasteiger partial charge < -0.3 is 20.3 Å². The monoisotopic (exact) mass is 373 g/mol. The van der Waals surface area contributed by atoms with Gasteiger partial charge in [-0.2, -0.15) is 0 Å². The molecule has 0 bridgehead atoms. The molecule has 2 unspecified atom stereocenters. The zero-order chi connectivity index (χ0) is 19.1. The van der Waals surface area contributed by atoms with Crippen molar-refractivity contribution < 1.29 is 9.53 Å². The van der Waals surface area contributed by atoms with E-state index >= 15 is 0 Å². The number of carbonyl (C=O) groups is 1. The van der Waals surface area contributed by atoms with Crippen LogP contribution < -0.4 is 10.6 Å². The first-order chi connectivity index (χ1) is 13.2. The maximum Gasteiger partial charge on any atom is 0.239 e. The van der Waals surface area contributed by atoms with E-state index in [1.807, 2.05) is 6.92 Å². The van der Waals surface area contributed by atoms with Gasteiger partial charge in [-0.05, 0) is 12.0 Å². The maximum atomic E-state index is 11.9. The molecule has 2 aliphatic heterocycles. The summed E-state index contributed by atoms with van der Waals surface area (Å²) < 4.78 is 6.03. The molecule has 3 rings (SSSR count). The van der Waals surface area contributed by atoms with E-state index in [1.54, 1.807) is 7.05 Å². The van der Waals surface area contributed by atoms with Gasteiger partial charge in [0.15, 0.2) is 5.96 Å². The van der Waals surface area contributed by atoms with E-state index in [-0.39, 0.29) is 18.6 Å². The molecule has 0 spiro atoms. The number of amides is 1. The lowest BCUT2D eigenvalue weighted by Gasteiger charge is -2.36. The summed E-state index contributed by atoms with van der Waals surface area (Å²) in [4.78, 5) is 20.9. The Bertz CT molecular complexity index is 637. The summed E-state index contributed by atoms with van der Waals surface area (Å²) in [6.45, 7) is 7.27. The van der Waals surface area contributed by atoms with Gasteiger partial charge in [-0.15, -0.1) is 0 Å². The fourth-order valence-electron chi connectivity index (χ4n) is 3.76. The lowest BCUT2D eigenvalue weighted by atomic mass is 10.1. The quantitative estimate of drug-likeness (QED) is 0.567. The van der Waals surface area contributed by atoms with Crippen molar-refractivity contribution in [3.8, 4) is 0 Å². The largest absolute Gasteiger partial charge is 0.373 e. The number of hydrogen-bond acceptors (Lipinski definition) is 4. The van der Waals surface area contributed by atoms with Gasteiger partial charge in [0.05, 0.1) is 25.3 Å². The second kappa shape index (κ2) is 9.71. The normalized spacial score (nSPS) is 23.2. The molecular weight excluding hydrogens is 342 g/mol. The van der Waals surface area contributed by atoms with Crippen LogP contribution >= 0.6 is 0 Å². The Morgan fingerprint density at radius 3 is 2.81 bits per heavy atom. The molecule has 0 radical (unpaired) electrons. The van der Waals surface area contributed by atoms with Crippen LogP contribution in [0.5, 0.6) is 0 Å². The molecule has 1 aromatic rings. The fourth-order valence-corrected chi connectivity index (χ4v) is 3.76. The van der Waals surface area contributed by atoms with E-state index in [4.69, 9.17) is 4.74 Å². The zero-order valence-corrected chi connectivity index (χ0v) is 16.4. The van der Waals surface area contributed by atoms with E-state index in [9.17, 15) is 4.79 Å². The topological polar surface area (TPSA) is 69.2 Å². The molecule has 2 saturated heterocycles. The summed E-state index contributed by atoms with van der Waals surface area (Å²) in [7, 11) is 1.76. The lowest BCUT2D eigenvalue weighted by Crippen LogP contribution is -2.50. The summed E-state index contributed by atoms with van der Waals surface area (Å²) in [5.41, 5.74) is 1.33. The second-order valence-electron chi connectivity index (χ2n) is 7.09. The van der Waals surface area contributed by atoms with Crippen molar-refractivity contribution >= 4 is 11.9 Å². The van der Waals surface area contributed by atoms with E-state index < -0.39 is 0 Å². The first-order valence-corrected chi connectivity index (χ1v) is 9.83. The Labute approximate surface area is 161 Å². The number of morpholine rings is 1. The molecular formula is C20H31N5O2. The number of nitrogens with one attached hydrogen (secondary N) is 2. The van der Waals surface area contributed by atoms with Crippen LogP contribution in [0.3, 0.4) is 0 Å². The predicted molar refractivity (Wildman–Crippen MR) is 107 cm³/mol. The number of rotatable bonds is 6. The Morgan fingerprint density at radius 1 is 1.26 bits per heavy atom. The molecule has 1 amide bonds. The van der Waals surface area contributed by atoms with Crippen LogP contribution in [0.1, 0.15) is 18.9 Å². The molecule has 2 heterocycles. The van der Waals surface area contributed by atoms with Crippen LogP contribution in [-0.2, 0) is 16.1 Å². The molecule has 7 nitrogen and oxygen atoms in total. The van der Waals surface area contributed by atoms with Crippen LogP contribution in [0.15, 0.2) is 35.3 Å². The molecule has 0 aromatic heterocycles. The summed E-state index contributed by atoms with van der Waals surface area (Å²) in [5, 5.41) is 6.06. The number of hydrogen-bond donors (Lipinski definition) is 2. The second-order valence-corrected chi connectivity index (χ2v) is 7.09. The maximum absolute atomic E-state index is 11.9. The first kappa shape index (κ1) is 19.6. The molecule has 2 aliphatic rings. The summed E-state index contributed by atoms with van der Waals surface area (Å²) in [6, 6.07) is 10.9. The van der Waals surface area contributed by atoms with Crippen LogP contribution in [0.2, 0.25) is 0 Å². The third-order valence-electron chi connectivity index (χ3n) is 5.14. The number of likely N-dealkylation sites (tertiary alicyclic amines) is 1. The number of guanidine groups is 1. The van der Waals surface area contributed by atoms with Crippen LogP contribution in [0, 0.1) is 0 Å². The van der Waals surface area contributed by atoms with Crippen LogP contribution in [0.4, 0.5) is 0 Å². The van der Waals surface area contributed by atoms with Gasteiger partial charge in [0.1, 0.15) is 0 Å². The number of fused-ring (bicyclic) bond motifs is 1. The van der Waals surface area contributed by atoms with Crippen LogP contribution in [0.25, 0.3) is 0 Å². The Kier molecular flexibility index (Phi) is 7.06. The molecule has 2 atom stereocenters. The van der Waals surface area contributed by atoms with Gasteiger partial charge >= 0.3 is 0 Å². The third-order valence-corrected chi connectivity index (χ3v) is 5.14. The fraction of sp³-hybridized carbons (Fsp3) is 0.600. The Morgan fingerprint density at radius 2 is 2.07 bits per heavy atom. The first-order valence-electron chi connectivity index (χ1n) is 9.83. The highest BCUT2D eigenvalue weighted by Gasteiger charge is 2.41. The molecule has 148 valence electrons. The van der Waals surface area contributed by atoms with E-state index in [0.717, 1.165) is 45.2 Å². The highest BCUT2D eigenvalue weighted by atomic mass is 16.5. The standard InChI is InChI=1S/C20H31N5O2/c1-3-9-22-19(26)12-23-20(21-2)25-14-17-18(15-25)27-11-10-24(17)13-16-7-5-4-6-8-16/h4-8,17-18H,3,9-15H2,1-2H3,(H,21,23)(H,22,26). The molecule has 2 N–H and O–H groups in total. The van der Waals surface area contributed by atoms with Crippen LogP contribution in [-0.4, -0.2) is 80.2 Å². The molecule has 27 heavy (non-hydrogen) atoms. The molecule has 7 heteroatoms. The number of benzene rings is 1.